The second kappa shape index (κ2) is 16.4. The zero-order valence-corrected chi connectivity index (χ0v) is 30.4. The zero-order valence-electron chi connectivity index (χ0n) is 29.6. The van der Waals surface area contributed by atoms with Gasteiger partial charge in [0, 0.05) is 61.8 Å². The average molecular weight is 724 g/mol. The number of piperazine rings is 1. The van der Waals surface area contributed by atoms with Gasteiger partial charge in [0.1, 0.15) is 29.8 Å². The molecular formula is C40H42FN5O5S. The molecule has 10 nitrogen and oxygen atoms in total. The molecule has 6 rings (SSSR count). The van der Waals surface area contributed by atoms with Crippen molar-refractivity contribution in [3.63, 3.8) is 0 Å². The number of anilines is 1. The van der Waals surface area contributed by atoms with E-state index in [1.54, 1.807) is 16.5 Å². The molecule has 3 amide bonds. The van der Waals surface area contributed by atoms with E-state index in [1.165, 1.54) is 34.4 Å². The summed E-state index contributed by atoms with van der Waals surface area (Å²) in [5, 5.41) is 4.90. The van der Waals surface area contributed by atoms with Crippen LogP contribution in [0.4, 0.5) is 14.3 Å². The maximum Gasteiger partial charge on any atom is 0.410 e. The Morgan fingerprint density at radius 3 is 2.56 bits per heavy atom. The van der Waals surface area contributed by atoms with Gasteiger partial charge < -0.3 is 19.3 Å². The largest absolute Gasteiger partial charge is 0.489 e. The molecule has 2 aliphatic rings. The lowest BCUT2D eigenvalue weighted by Crippen LogP contribution is -2.50. The number of fused-ring (bicyclic) bond motifs is 1. The fraction of sp³-hybridized carbons (Fsp3) is 0.350. The van der Waals surface area contributed by atoms with Crippen LogP contribution in [0.15, 0.2) is 78.3 Å². The number of carbonyl (C=O) groups excluding carboxylic acids is 3. The predicted octanol–water partition coefficient (Wildman–Crippen LogP) is 6.88. The molecule has 1 saturated heterocycles. The van der Waals surface area contributed by atoms with Crippen LogP contribution < -0.4 is 10.1 Å². The van der Waals surface area contributed by atoms with E-state index in [0.717, 1.165) is 37.2 Å². The van der Waals surface area contributed by atoms with Crippen molar-refractivity contribution in [3.05, 3.63) is 112 Å². The maximum atomic E-state index is 14.9. The molecule has 0 saturated carbocycles. The highest BCUT2D eigenvalue weighted by Gasteiger charge is 2.40. The third kappa shape index (κ3) is 9.15. The first-order valence-electron chi connectivity index (χ1n) is 17.3. The highest BCUT2D eigenvalue weighted by molar-refractivity contribution is 7.13. The summed E-state index contributed by atoms with van der Waals surface area (Å²) in [6.45, 7) is 9.53. The summed E-state index contributed by atoms with van der Waals surface area (Å²) in [6, 6.07) is 17.8. The lowest BCUT2D eigenvalue weighted by Gasteiger charge is -2.35. The van der Waals surface area contributed by atoms with Crippen molar-refractivity contribution in [2.75, 3.05) is 38.0 Å². The molecule has 52 heavy (non-hydrogen) atoms. The minimum Gasteiger partial charge on any atom is -0.489 e. The van der Waals surface area contributed by atoms with E-state index in [-0.39, 0.29) is 30.7 Å². The number of ether oxygens (including phenoxy) is 2. The monoisotopic (exact) mass is 723 g/mol. The van der Waals surface area contributed by atoms with E-state index in [1.807, 2.05) is 69.3 Å². The quantitative estimate of drug-likeness (QED) is 0.141. The Morgan fingerprint density at radius 2 is 1.83 bits per heavy atom. The van der Waals surface area contributed by atoms with Gasteiger partial charge in [-0.05, 0) is 69.1 Å². The molecule has 3 aromatic carbocycles. The van der Waals surface area contributed by atoms with E-state index in [4.69, 9.17) is 9.47 Å². The van der Waals surface area contributed by atoms with Crippen LogP contribution in [-0.2, 0) is 22.7 Å². The van der Waals surface area contributed by atoms with Crippen LogP contribution in [0, 0.1) is 17.7 Å². The van der Waals surface area contributed by atoms with E-state index < -0.39 is 23.4 Å². The smallest absolute Gasteiger partial charge is 0.410 e. The van der Waals surface area contributed by atoms with Crippen LogP contribution >= 0.6 is 11.3 Å². The molecule has 1 N–H and O–H groups in total. The minimum absolute atomic E-state index is 0.129. The molecule has 4 aromatic rings. The Hall–Kier alpha value is -5.25. The van der Waals surface area contributed by atoms with Gasteiger partial charge in [-0.3, -0.25) is 19.8 Å². The second-order valence-corrected chi connectivity index (χ2v) is 14.6. The van der Waals surface area contributed by atoms with Crippen molar-refractivity contribution in [2.24, 2.45) is 0 Å². The van der Waals surface area contributed by atoms with Gasteiger partial charge in [-0.25, -0.2) is 14.2 Å². The summed E-state index contributed by atoms with van der Waals surface area (Å²) in [4.78, 5) is 50.3. The fourth-order valence-electron chi connectivity index (χ4n) is 6.23. The molecule has 0 spiro atoms. The lowest BCUT2D eigenvalue weighted by molar-refractivity contribution is -0.120. The SMILES string of the molecule is CC(C)(C)OC(=O)N1CCN(CCCC#Cc2cccc3c2C(=O)N(C(C(=O)Nc2nccs2)c2cc(F)ccc2OCc2ccccc2)C3)CC1. The van der Waals surface area contributed by atoms with Crippen molar-refractivity contribution in [2.45, 2.75) is 58.4 Å². The normalized spacial score (nSPS) is 15.0. The van der Waals surface area contributed by atoms with Crippen molar-refractivity contribution < 1.29 is 28.2 Å². The summed E-state index contributed by atoms with van der Waals surface area (Å²) >= 11 is 1.24. The molecule has 1 fully saturated rings. The number of hydrogen-bond acceptors (Lipinski definition) is 8. The first-order valence-corrected chi connectivity index (χ1v) is 18.2. The summed E-state index contributed by atoms with van der Waals surface area (Å²) in [6.07, 6.45) is 2.75. The molecule has 12 heteroatoms. The molecular weight excluding hydrogens is 682 g/mol. The van der Waals surface area contributed by atoms with Crippen molar-refractivity contribution >= 4 is 34.4 Å². The Balaban J connectivity index is 1.15. The third-order valence-corrected chi connectivity index (χ3v) is 9.40. The number of aromatic nitrogens is 1. The number of halogens is 1. The first kappa shape index (κ1) is 36.5. The predicted molar refractivity (Wildman–Crippen MR) is 197 cm³/mol. The second-order valence-electron chi connectivity index (χ2n) is 13.7. The molecule has 2 aliphatic heterocycles. The van der Waals surface area contributed by atoms with Crippen LogP contribution in [0.1, 0.15) is 72.3 Å². The highest BCUT2D eigenvalue weighted by Crippen LogP contribution is 2.38. The molecule has 0 bridgehead atoms. The van der Waals surface area contributed by atoms with Gasteiger partial charge in [-0.1, -0.05) is 54.3 Å². The van der Waals surface area contributed by atoms with Gasteiger partial charge in [0.05, 0.1) is 5.56 Å². The molecule has 1 aromatic heterocycles. The fourth-order valence-corrected chi connectivity index (χ4v) is 6.77. The molecule has 1 unspecified atom stereocenters. The van der Waals surface area contributed by atoms with Gasteiger partial charge in [0.15, 0.2) is 5.13 Å². The Bertz CT molecular complexity index is 1950. The molecule has 0 aliphatic carbocycles. The maximum absolute atomic E-state index is 14.9. The van der Waals surface area contributed by atoms with Crippen LogP contribution in [0.5, 0.6) is 5.75 Å². The molecule has 1 atom stereocenters. The van der Waals surface area contributed by atoms with Crippen molar-refractivity contribution in [3.8, 4) is 17.6 Å². The van der Waals surface area contributed by atoms with Gasteiger partial charge in [-0.15, -0.1) is 11.3 Å². The Morgan fingerprint density at radius 1 is 1.04 bits per heavy atom. The minimum atomic E-state index is -1.22. The highest BCUT2D eigenvalue weighted by atomic mass is 32.1. The standard InChI is InChI=1S/C40H42FN5O5S/c1-40(2,3)51-39(49)45-22-20-44(21-23-45)19-9-5-8-13-29-14-10-15-30-26-46(37(48)34(29)30)35(36(47)43-38-42-18-24-52-38)32-25-31(41)16-17-33(32)50-27-28-11-6-4-7-12-28/h4,6-7,10-12,14-18,24-25,35H,5,9,19-23,26-27H2,1-3H3,(H,42,43,47). The van der Waals surface area contributed by atoms with E-state index in [0.29, 0.717) is 41.5 Å². The lowest BCUT2D eigenvalue weighted by atomic mass is 10.0. The number of hydrogen-bond donors (Lipinski definition) is 1. The Kier molecular flexibility index (Phi) is 11.5. The number of carbonyl (C=O) groups is 3. The van der Waals surface area contributed by atoms with E-state index in [9.17, 15) is 18.8 Å². The number of nitrogens with zero attached hydrogens (tertiary/aromatic N) is 4. The molecule has 0 radical (unpaired) electrons. The van der Waals surface area contributed by atoms with Gasteiger partial charge in [0.2, 0.25) is 0 Å². The third-order valence-electron chi connectivity index (χ3n) is 8.72. The zero-order chi connectivity index (χ0) is 36.7. The first-order chi connectivity index (χ1) is 25.1. The number of amides is 3. The van der Waals surface area contributed by atoms with Gasteiger partial charge >= 0.3 is 6.09 Å². The summed E-state index contributed by atoms with van der Waals surface area (Å²) in [7, 11) is 0. The van der Waals surface area contributed by atoms with Crippen LogP contribution in [0.3, 0.4) is 0 Å². The summed E-state index contributed by atoms with van der Waals surface area (Å²) in [5.41, 5.74) is 2.35. The van der Waals surface area contributed by atoms with E-state index >= 15 is 0 Å². The average Bonchev–Trinajstić information content (AvgIpc) is 3.75. The number of benzene rings is 3. The number of thiazole rings is 1. The molecule has 270 valence electrons. The topological polar surface area (TPSA) is 104 Å². The molecule has 3 heterocycles. The Labute approximate surface area is 307 Å². The summed E-state index contributed by atoms with van der Waals surface area (Å²) < 4.78 is 26.5. The van der Waals surface area contributed by atoms with Crippen LogP contribution in [0.25, 0.3) is 0 Å². The van der Waals surface area contributed by atoms with Crippen molar-refractivity contribution in [1.82, 2.24) is 19.7 Å². The number of rotatable bonds is 10. The van der Waals surface area contributed by atoms with Crippen LogP contribution in [0.2, 0.25) is 0 Å². The van der Waals surface area contributed by atoms with E-state index in [2.05, 4.69) is 27.0 Å². The van der Waals surface area contributed by atoms with Gasteiger partial charge in [-0.2, -0.15) is 0 Å². The number of nitrogens with one attached hydrogen (secondary N) is 1. The number of unbranched alkanes of at least 4 members (excludes halogenated alkanes) is 1. The van der Waals surface area contributed by atoms with Crippen LogP contribution in [-0.4, -0.2) is 75.9 Å². The summed E-state index contributed by atoms with van der Waals surface area (Å²) in [5.74, 6) is 5.26. The van der Waals surface area contributed by atoms with Gasteiger partial charge in [0.25, 0.3) is 11.8 Å². The van der Waals surface area contributed by atoms with Crippen molar-refractivity contribution in [1.29, 1.82) is 0 Å².